The SMILES string of the molecule is Cl.O=C(COc1ccccc1)ON1C=NCC1. The van der Waals surface area contributed by atoms with Crippen LogP contribution in [0.1, 0.15) is 0 Å². The Balaban J connectivity index is 0.00000144. The van der Waals surface area contributed by atoms with Crippen LogP contribution in [-0.2, 0) is 9.63 Å². The molecule has 17 heavy (non-hydrogen) atoms. The molecule has 0 bridgehead atoms. The number of carbonyl (C=O) groups excluding carboxylic acids is 1. The fourth-order valence-electron chi connectivity index (χ4n) is 1.25. The van der Waals surface area contributed by atoms with E-state index in [4.69, 9.17) is 9.57 Å². The number of carbonyl (C=O) groups is 1. The summed E-state index contributed by atoms with van der Waals surface area (Å²) in [6.07, 6.45) is 1.50. The van der Waals surface area contributed by atoms with Crippen LogP contribution in [0.25, 0.3) is 0 Å². The van der Waals surface area contributed by atoms with Crippen LogP contribution in [0.15, 0.2) is 35.3 Å². The Morgan fingerprint density at radius 3 is 2.76 bits per heavy atom. The Hall–Kier alpha value is -1.75. The molecule has 1 aromatic rings. The van der Waals surface area contributed by atoms with E-state index in [1.54, 1.807) is 12.1 Å². The number of halogens is 1. The smallest absolute Gasteiger partial charge is 0.369 e. The lowest BCUT2D eigenvalue weighted by molar-refractivity contribution is -0.172. The lowest BCUT2D eigenvalue weighted by Crippen LogP contribution is -2.27. The van der Waals surface area contributed by atoms with Gasteiger partial charge in [-0.2, -0.15) is 5.06 Å². The van der Waals surface area contributed by atoms with Gasteiger partial charge < -0.3 is 9.57 Å². The first-order valence-corrected chi connectivity index (χ1v) is 5.00. The average molecular weight is 257 g/mol. The van der Waals surface area contributed by atoms with E-state index < -0.39 is 5.97 Å². The highest BCUT2D eigenvalue weighted by Crippen LogP contribution is 2.08. The Bertz CT molecular complexity index is 384. The van der Waals surface area contributed by atoms with E-state index in [0.29, 0.717) is 18.8 Å². The largest absolute Gasteiger partial charge is 0.482 e. The van der Waals surface area contributed by atoms with E-state index in [2.05, 4.69) is 4.99 Å². The van der Waals surface area contributed by atoms with Crippen molar-refractivity contribution in [3.05, 3.63) is 30.3 Å². The molecule has 1 heterocycles. The molecule has 5 nitrogen and oxygen atoms in total. The van der Waals surface area contributed by atoms with Crippen molar-refractivity contribution in [1.82, 2.24) is 5.06 Å². The van der Waals surface area contributed by atoms with Crippen LogP contribution in [0.3, 0.4) is 0 Å². The molecular formula is C11H13ClN2O3. The van der Waals surface area contributed by atoms with Crippen molar-refractivity contribution in [2.45, 2.75) is 0 Å². The van der Waals surface area contributed by atoms with E-state index in [1.165, 1.54) is 11.4 Å². The third-order valence-electron chi connectivity index (χ3n) is 1.98. The first-order chi connectivity index (χ1) is 7.84. The summed E-state index contributed by atoms with van der Waals surface area (Å²) in [6, 6.07) is 9.13. The van der Waals surface area contributed by atoms with Gasteiger partial charge in [0.15, 0.2) is 6.61 Å². The number of benzene rings is 1. The predicted molar refractivity (Wildman–Crippen MR) is 65.3 cm³/mol. The molecule has 0 spiro atoms. The van der Waals surface area contributed by atoms with Gasteiger partial charge in [0.2, 0.25) is 0 Å². The van der Waals surface area contributed by atoms with Crippen molar-refractivity contribution in [1.29, 1.82) is 0 Å². The maximum absolute atomic E-state index is 11.3. The van der Waals surface area contributed by atoms with E-state index in [9.17, 15) is 4.79 Å². The molecule has 0 aromatic heterocycles. The van der Waals surface area contributed by atoms with Gasteiger partial charge in [0, 0.05) is 0 Å². The van der Waals surface area contributed by atoms with Gasteiger partial charge in [-0.05, 0) is 12.1 Å². The zero-order valence-electron chi connectivity index (χ0n) is 9.11. The number of nitrogens with zero attached hydrogens (tertiary/aromatic N) is 2. The third-order valence-corrected chi connectivity index (χ3v) is 1.98. The van der Waals surface area contributed by atoms with E-state index in [1.807, 2.05) is 18.2 Å². The average Bonchev–Trinajstić information content (AvgIpc) is 2.81. The number of para-hydroxylation sites is 1. The van der Waals surface area contributed by atoms with Gasteiger partial charge >= 0.3 is 5.97 Å². The molecule has 92 valence electrons. The summed E-state index contributed by atoms with van der Waals surface area (Å²) in [5, 5.41) is 1.40. The Morgan fingerprint density at radius 1 is 1.35 bits per heavy atom. The monoisotopic (exact) mass is 256 g/mol. The van der Waals surface area contributed by atoms with Gasteiger partial charge in [-0.3, -0.25) is 4.99 Å². The Kier molecular flexibility index (Phi) is 5.29. The van der Waals surface area contributed by atoms with E-state index >= 15 is 0 Å². The number of hydroxylamine groups is 2. The van der Waals surface area contributed by atoms with Crippen molar-refractivity contribution >= 4 is 24.7 Å². The first-order valence-electron chi connectivity index (χ1n) is 5.00. The highest BCUT2D eigenvalue weighted by atomic mass is 35.5. The minimum absolute atomic E-state index is 0. The fourth-order valence-corrected chi connectivity index (χ4v) is 1.25. The quantitative estimate of drug-likeness (QED) is 0.815. The van der Waals surface area contributed by atoms with Gasteiger partial charge in [0.25, 0.3) is 0 Å². The van der Waals surface area contributed by atoms with Crippen LogP contribution in [-0.4, -0.2) is 37.1 Å². The van der Waals surface area contributed by atoms with Crippen molar-refractivity contribution in [2.24, 2.45) is 4.99 Å². The third kappa shape index (κ3) is 4.32. The molecule has 0 amide bonds. The summed E-state index contributed by atoms with van der Waals surface area (Å²) in [7, 11) is 0. The highest BCUT2D eigenvalue weighted by molar-refractivity contribution is 5.85. The van der Waals surface area contributed by atoms with Crippen molar-refractivity contribution in [3.63, 3.8) is 0 Å². The number of ether oxygens (including phenoxy) is 1. The molecule has 0 aliphatic carbocycles. The summed E-state index contributed by atoms with van der Waals surface area (Å²) in [4.78, 5) is 20.2. The number of aliphatic imine (C=N–C) groups is 1. The molecule has 0 unspecified atom stereocenters. The molecule has 0 atom stereocenters. The summed E-state index contributed by atoms with van der Waals surface area (Å²) < 4.78 is 5.23. The van der Waals surface area contributed by atoms with Gasteiger partial charge in [0.05, 0.1) is 13.1 Å². The number of hydrogen-bond donors (Lipinski definition) is 0. The second-order valence-corrected chi connectivity index (χ2v) is 3.23. The molecule has 1 aliphatic rings. The topological polar surface area (TPSA) is 51.1 Å². The minimum Gasteiger partial charge on any atom is -0.482 e. The molecule has 0 fully saturated rings. The second kappa shape index (κ2) is 6.75. The van der Waals surface area contributed by atoms with Gasteiger partial charge in [-0.1, -0.05) is 18.2 Å². The van der Waals surface area contributed by atoms with Crippen LogP contribution in [0.5, 0.6) is 5.75 Å². The van der Waals surface area contributed by atoms with Gasteiger partial charge in [-0.15, -0.1) is 12.4 Å². The minimum atomic E-state index is -0.433. The van der Waals surface area contributed by atoms with Gasteiger partial charge in [0.1, 0.15) is 12.1 Å². The first kappa shape index (κ1) is 13.3. The Morgan fingerprint density at radius 2 is 2.12 bits per heavy atom. The standard InChI is InChI=1S/C11H12N2O3.ClH/c14-11(16-13-7-6-12-9-13)8-15-10-4-2-1-3-5-10;/h1-5,9H,6-8H2;1H. The molecule has 0 saturated heterocycles. The molecule has 2 rings (SSSR count). The lowest BCUT2D eigenvalue weighted by Gasteiger charge is -2.13. The molecule has 1 aromatic carbocycles. The predicted octanol–water partition coefficient (Wildman–Crippen LogP) is 1.29. The molecule has 0 saturated carbocycles. The molecular weight excluding hydrogens is 244 g/mol. The zero-order chi connectivity index (χ0) is 11.2. The molecule has 0 N–H and O–H groups in total. The Labute approximate surface area is 105 Å². The maximum Gasteiger partial charge on any atom is 0.369 e. The molecule has 6 heteroatoms. The summed E-state index contributed by atoms with van der Waals surface area (Å²) in [5.41, 5.74) is 0. The van der Waals surface area contributed by atoms with Crippen molar-refractivity contribution in [2.75, 3.05) is 19.7 Å². The summed E-state index contributed by atoms with van der Waals surface area (Å²) in [5.74, 6) is 0.215. The van der Waals surface area contributed by atoms with E-state index in [0.717, 1.165) is 0 Å². The van der Waals surface area contributed by atoms with Crippen LogP contribution in [0.4, 0.5) is 0 Å². The normalized spacial score (nSPS) is 13.1. The van der Waals surface area contributed by atoms with Crippen molar-refractivity contribution < 1.29 is 14.4 Å². The lowest BCUT2D eigenvalue weighted by atomic mass is 10.3. The highest BCUT2D eigenvalue weighted by Gasteiger charge is 2.12. The summed E-state index contributed by atoms with van der Waals surface area (Å²) in [6.45, 7) is 1.16. The van der Waals surface area contributed by atoms with Crippen LogP contribution in [0, 0.1) is 0 Å². The van der Waals surface area contributed by atoms with Gasteiger partial charge in [-0.25, -0.2) is 4.79 Å². The second-order valence-electron chi connectivity index (χ2n) is 3.23. The maximum atomic E-state index is 11.3. The molecule has 1 aliphatic heterocycles. The zero-order valence-corrected chi connectivity index (χ0v) is 9.93. The van der Waals surface area contributed by atoms with Crippen LogP contribution < -0.4 is 4.74 Å². The van der Waals surface area contributed by atoms with Crippen LogP contribution >= 0.6 is 12.4 Å². The fraction of sp³-hybridized carbons (Fsp3) is 0.273. The van der Waals surface area contributed by atoms with E-state index in [-0.39, 0.29) is 19.0 Å². The van der Waals surface area contributed by atoms with Crippen molar-refractivity contribution in [3.8, 4) is 5.75 Å². The number of hydrogen-bond acceptors (Lipinski definition) is 5. The van der Waals surface area contributed by atoms with Crippen LogP contribution in [0.2, 0.25) is 0 Å². The number of rotatable bonds is 4. The molecule has 0 radical (unpaired) electrons. The summed E-state index contributed by atoms with van der Waals surface area (Å²) >= 11 is 0.